The molecule has 0 fully saturated rings. The maximum Gasteiger partial charge on any atom is 0.255 e. The van der Waals surface area contributed by atoms with E-state index in [1.165, 1.54) is 18.2 Å². The summed E-state index contributed by atoms with van der Waals surface area (Å²) < 4.78 is 0. The van der Waals surface area contributed by atoms with E-state index in [4.69, 9.17) is 5.73 Å². The highest BCUT2D eigenvalue weighted by molar-refractivity contribution is 5.97. The Hall–Kier alpha value is -2.53. The number of carbonyl (C=O) groups excluding carboxylic acids is 1. The van der Waals surface area contributed by atoms with Gasteiger partial charge in [0.15, 0.2) is 0 Å². The lowest BCUT2D eigenvalue weighted by atomic mass is 10.1. The molecule has 1 amide bonds. The number of amides is 1. The molecule has 5 nitrogen and oxygen atoms in total. The minimum absolute atomic E-state index is 0.0133. The van der Waals surface area contributed by atoms with E-state index in [2.05, 4.69) is 5.32 Å². The molecule has 2 rings (SSSR count). The second-order valence-electron chi connectivity index (χ2n) is 4.37. The summed E-state index contributed by atoms with van der Waals surface area (Å²) in [6.45, 7) is 0.231. The average molecular weight is 272 g/mol. The SMILES string of the molecule is NCC(NC(=O)c1cc(O)ccc1O)c1ccccc1. The van der Waals surface area contributed by atoms with Crippen LogP contribution < -0.4 is 11.1 Å². The van der Waals surface area contributed by atoms with E-state index in [0.717, 1.165) is 5.56 Å². The minimum Gasteiger partial charge on any atom is -0.508 e. The first-order valence-electron chi connectivity index (χ1n) is 6.19. The summed E-state index contributed by atoms with van der Waals surface area (Å²) in [6, 6.07) is 12.7. The summed E-state index contributed by atoms with van der Waals surface area (Å²) in [6.07, 6.45) is 0. The summed E-state index contributed by atoms with van der Waals surface area (Å²) in [5.41, 5.74) is 6.56. The van der Waals surface area contributed by atoms with Gasteiger partial charge < -0.3 is 21.3 Å². The van der Waals surface area contributed by atoms with Crippen LogP contribution in [0.5, 0.6) is 11.5 Å². The van der Waals surface area contributed by atoms with E-state index in [-0.39, 0.29) is 29.6 Å². The third kappa shape index (κ3) is 3.07. The molecule has 0 radical (unpaired) electrons. The normalized spacial score (nSPS) is 11.8. The molecule has 5 N–H and O–H groups in total. The molecule has 5 heteroatoms. The summed E-state index contributed by atoms with van der Waals surface area (Å²) in [7, 11) is 0. The number of hydrogen-bond donors (Lipinski definition) is 4. The lowest BCUT2D eigenvalue weighted by Gasteiger charge is -2.17. The van der Waals surface area contributed by atoms with Crippen molar-refractivity contribution < 1.29 is 15.0 Å². The van der Waals surface area contributed by atoms with Crippen molar-refractivity contribution in [2.45, 2.75) is 6.04 Å². The number of hydrogen-bond acceptors (Lipinski definition) is 4. The highest BCUT2D eigenvalue weighted by atomic mass is 16.3. The van der Waals surface area contributed by atoms with Gasteiger partial charge in [0.2, 0.25) is 0 Å². The van der Waals surface area contributed by atoms with E-state index >= 15 is 0 Å². The predicted molar refractivity (Wildman–Crippen MR) is 75.5 cm³/mol. The van der Waals surface area contributed by atoms with Crippen LogP contribution in [0.25, 0.3) is 0 Å². The zero-order valence-corrected chi connectivity index (χ0v) is 10.8. The smallest absolute Gasteiger partial charge is 0.255 e. The van der Waals surface area contributed by atoms with Crippen LogP contribution >= 0.6 is 0 Å². The van der Waals surface area contributed by atoms with Crippen LogP contribution in [0, 0.1) is 0 Å². The summed E-state index contributed by atoms with van der Waals surface area (Å²) in [5, 5.41) is 21.8. The maximum atomic E-state index is 12.1. The monoisotopic (exact) mass is 272 g/mol. The zero-order chi connectivity index (χ0) is 14.5. The van der Waals surface area contributed by atoms with Crippen molar-refractivity contribution in [2.24, 2.45) is 5.73 Å². The minimum atomic E-state index is -0.488. The van der Waals surface area contributed by atoms with Crippen LogP contribution in [0.15, 0.2) is 48.5 Å². The Morgan fingerprint density at radius 2 is 1.85 bits per heavy atom. The highest BCUT2D eigenvalue weighted by Gasteiger charge is 2.17. The van der Waals surface area contributed by atoms with Crippen molar-refractivity contribution in [2.75, 3.05) is 6.54 Å². The van der Waals surface area contributed by atoms with Crippen molar-refractivity contribution in [1.29, 1.82) is 0 Å². The van der Waals surface area contributed by atoms with Crippen LogP contribution in [0.2, 0.25) is 0 Å². The number of benzene rings is 2. The third-order valence-electron chi connectivity index (χ3n) is 2.97. The summed E-state index contributed by atoms with van der Waals surface area (Å²) in [5.74, 6) is -0.765. The molecule has 2 aromatic rings. The van der Waals surface area contributed by atoms with Crippen LogP contribution in [0.4, 0.5) is 0 Å². The van der Waals surface area contributed by atoms with Crippen molar-refractivity contribution in [3.05, 3.63) is 59.7 Å². The Kier molecular flexibility index (Phi) is 4.22. The van der Waals surface area contributed by atoms with Gasteiger partial charge in [0.25, 0.3) is 5.91 Å². The molecule has 0 aromatic heterocycles. The van der Waals surface area contributed by atoms with E-state index < -0.39 is 5.91 Å². The number of phenolic OH excluding ortho intramolecular Hbond substituents is 2. The van der Waals surface area contributed by atoms with Gasteiger partial charge in [-0.3, -0.25) is 4.79 Å². The lowest BCUT2D eigenvalue weighted by molar-refractivity contribution is 0.0934. The number of nitrogens with two attached hydrogens (primary N) is 1. The molecule has 0 aliphatic heterocycles. The average Bonchev–Trinajstić information content (AvgIpc) is 2.48. The zero-order valence-electron chi connectivity index (χ0n) is 10.8. The van der Waals surface area contributed by atoms with Crippen LogP contribution in [0.1, 0.15) is 22.0 Å². The number of nitrogens with one attached hydrogen (secondary N) is 1. The van der Waals surface area contributed by atoms with Gasteiger partial charge in [-0.05, 0) is 23.8 Å². The topological polar surface area (TPSA) is 95.6 Å². The summed E-state index contributed by atoms with van der Waals surface area (Å²) >= 11 is 0. The van der Waals surface area contributed by atoms with E-state index in [9.17, 15) is 15.0 Å². The van der Waals surface area contributed by atoms with Gasteiger partial charge in [-0.15, -0.1) is 0 Å². The van der Waals surface area contributed by atoms with Crippen molar-refractivity contribution in [3.63, 3.8) is 0 Å². The molecule has 0 heterocycles. The van der Waals surface area contributed by atoms with Gasteiger partial charge >= 0.3 is 0 Å². The van der Waals surface area contributed by atoms with Crippen molar-refractivity contribution in [1.82, 2.24) is 5.32 Å². The van der Waals surface area contributed by atoms with Gasteiger partial charge in [0.05, 0.1) is 11.6 Å². The maximum absolute atomic E-state index is 12.1. The van der Waals surface area contributed by atoms with Crippen molar-refractivity contribution in [3.8, 4) is 11.5 Å². The Bertz CT molecular complexity index is 599. The van der Waals surface area contributed by atoms with Crippen LogP contribution in [0.3, 0.4) is 0 Å². The molecule has 0 saturated carbocycles. The van der Waals surface area contributed by atoms with E-state index in [1.54, 1.807) is 0 Å². The molecule has 0 aliphatic carbocycles. The first kappa shape index (κ1) is 13.9. The van der Waals surface area contributed by atoms with Gasteiger partial charge in [-0.25, -0.2) is 0 Å². The largest absolute Gasteiger partial charge is 0.508 e. The Labute approximate surface area is 116 Å². The second kappa shape index (κ2) is 6.08. The molecule has 2 aromatic carbocycles. The number of phenols is 2. The third-order valence-corrected chi connectivity index (χ3v) is 2.97. The number of aromatic hydroxyl groups is 2. The first-order chi connectivity index (χ1) is 9.61. The Morgan fingerprint density at radius 1 is 1.15 bits per heavy atom. The molecule has 1 unspecified atom stereocenters. The van der Waals surface area contributed by atoms with E-state index in [1.807, 2.05) is 30.3 Å². The Balaban J connectivity index is 2.20. The molecule has 0 saturated heterocycles. The second-order valence-corrected chi connectivity index (χ2v) is 4.37. The van der Waals surface area contributed by atoms with Crippen molar-refractivity contribution >= 4 is 5.91 Å². The molecule has 0 aliphatic rings. The first-order valence-corrected chi connectivity index (χ1v) is 6.19. The molecule has 20 heavy (non-hydrogen) atoms. The predicted octanol–water partition coefficient (Wildman–Crippen LogP) is 1.53. The lowest BCUT2D eigenvalue weighted by Crippen LogP contribution is -2.33. The standard InChI is InChI=1S/C15H16N2O3/c16-9-13(10-4-2-1-3-5-10)17-15(20)12-8-11(18)6-7-14(12)19/h1-8,13,18-19H,9,16H2,(H,17,20). The highest BCUT2D eigenvalue weighted by Crippen LogP contribution is 2.23. The molecule has 1 atom stereocenters. The van der Waals surface area contributed by atoms with Crippen LogP contribution in [-0.4, -0.2) is 22.7 Å². The summed E-state index contributed by atoms with van der Waals surface area (Å²) in [4.78, 5) is 12.1. The van der Waals surface area contributed by atoms with Crippen LogP contribution in [-0.2, 0) is 0 Å². The van der Waals surface area contributed by atoms with Gasteiger partial charge in [-0.2, -0.15) is 0 Å². The van der Waals surface area contributed by atoms with Gasteiger partial charge in [0, 0.05) is 6.54 Å². The molecule has 104 valence electrons. The molecule has 0 bridgehead atoms. The number of carbonyl (C=O) groups is 1. The number of rotatable bonds is 4. The fourth-order valence-corrected chi connectivity index (χ4v) is 1.91. The molecular weight excluding hydrogens is 256 g/mol. The quantitative estimate of drug-likeness (QED) is 0.635. The van der Waals surface area contributed by atoms with Gasteiger partial charge in [0.1, 0.15) is 11.5 Å². The van der Waals surface area contributed by atoms with E-state index in [0.29, 0.717) is 0 Å². The molecule has 0 spiro atoms. The molecular formula is C15H16N2O3. The fourth-order valence-electron chi connectivity index (χ4n) is 1.91. The Morgan fingerprint density at radius 3 is 2.50 bits per heavy atom. The van der Waals surface area contributed by atoms with Gasteiger partial charge in [-0.1, -0.05) is 30.3 Å². The fraction of sp³-hybridized carbons (Fsp3) is 0.133.